The zero-order chi connectivity index (χ0) is 15.4. The molecule has 1 aromatic rings. The number of likely N-dealkylation sites (tertiary alicyclic amines) is 1. The van der Waals surface area contributed by atoms with E-state index in [4.69, 9.17) is 9.26 Å². The van der Waals surface area contributed by atoms with Gasteiger partial charge < -0.3 is 19.5 Å². The van der Waals surface area contributed by atoms with E-state index in [1.807, 2.05) is 17.9 Å². The number of piperidine rings is 1. The van der Waals surface area contributed by atoms with Gasteiger partial charge in [0.1, 0.15) is 0 Å². The maximum atomic E-state index is 12.2. The summed E-state index contributed by atoms with van der Waals surface area (Å²) in [5.74, 6) is 0.887. The molecule has 2 saturated heterocycles. The van der Waals surface area contributed by atoms with Crippen LogP contribution in [0.4, 0.5) is 4.79 Å². The van der Waals surface area contributed by atoms with Gasteiger partial charge in [0.15, 0.2) is 5.76 Å². The summed E-state index contributed by atoms with van der Waals surface area (Å²) < 4.78 is 10.6. The highest BCUT2D eigenvalue weighted by atomic mass is 16.5. The monoisotopic (exact) mass is 308 g/mol. The van der Waals surface area contributed by atoms with Crippen LogP contribution in [0.5, 0.6) is 0 Å². The summed E-state index contributed by atoms with van der Waals surface area (Å²) in [5, 5.41) is 7.07. The second-order valence-corrected chi connectivity index (χ2v) is 6.06. The minimum absolute atomic E-state index is 0.0330. The summed E-state index contributed by atoms with van der Waals surface area (Å²) >= 11 is 0. The van der Waals surface area contributed by atoms with Crippen LogP contribution >= 0.6 is 0 Å². The summed E-state index contributed by atoms with van der Waals surface area (Å²) in [6.07, 6.45) is 2.11. The Labute approximate surface area is 130 Å². The molecule has 3 rings (SSSR count). The van der Waals surface area contributed by atoms with E-state index in [0.29, 0.717) is 26.3 Å². The van der Waals surface area contributed by atoms with Crippen molar-refractivity contribution in [3.63, 3.8) is 0 Å². The van der Waals surface area contributed by atoms with E-state index in [9.17, 15) is 4.79 Å². The van der Waals surface area contributed by atoms with E-state index >= 15 is 0 Å². The number of ether oxygens (including phenoxy) is 1. The van der Waals surface area contributed by atoms with Crippen LogP contribution < -0.4 is 5.32 Å². The molecule has 2 aliphatic rings. The van der Waals surface area contributed by atoms with Gasteiger partial charge in [0.2, 0.25) is 0 Å². The molecule has 2 amide bonds. The number of amides is 2. The number of aromatic nitrogens is 1. The first-order valence-electron chi connectivity index (χ1n) is 7.98. The van der Waals surface area contributed by atoms with Crippen LogP contribution in [-0.2, 0) is 11.3 Å². The predicted molar refractivity (Wildman–Crippen MR) is 80.5 cm³/mol. The van der Waals surface area contributed by atoms with Crippen LogP contribution in [0.2, 0.25) is 0 Å². The molecule has 7 nitrogen and oxygen atoms in total. The highest BCUT2D eigenvalue weighted by molar-refractivity contribution is 5.74. The van der Waals surface area contributed by atoms with Gasteiger partial charge in [-0.25, -0.2) is 4.79 Å². The smallest absolute Gasteiger partial charge is 0.317 e. The molecule has 2 fully saturated rings. The third-order valence-corrected chi connectivity index (χ3v) is 4.19. The van der Waals surface area contributed by atoms with Crippen molar-refractivity contribution in [2.75, 3.05) is 39.4 Å². The SMILES string of the molecule is Cc1cc(CN2CCCC(NC(=O)N3CCOCC3)C2)on1. The first kappa shape index (κ1) is 15.3. The summed E-state index contributed by atoms with van der Waals surface area (Å²) in [6.45, 7) is 7.20. The van der Waals surface area contributed by atoms with Gasteiger partial charge in [-0.05, 0) is 26.3 Å². The van der Waals surface area contributed by atoms with Crippen molar-refractivity contribution in [2.45, 2.75) is 32.4 Å². The molecule has 0 aromatic carbocycles. The van der Waals surface area contributed by atoms with Crippen molar-refractivity contribution in [1.29, 1.82) is 0 Å². The molecule has 2 aliphatic heterocycles. The second kappa shape index (κ2) is 7.11. The zero-order valence-electron chi connectivity index (χ0n) is 13.1. The topological polar surface area (TPSA) is 70.8 Å². The number of carbonyl (C=O) groups excluding carboxylic acids is 1. The van der Waals surface area contributed by atoms with Crippen LogP contribution in [0.1, 0.15) is 24.3 Å². The van der Waals surface area contributed by atoms with Crippen molar-refractivity contribution >= 4 is 6.03 Å². The van der Waals surface area contributed by atoms with Crippen LogP contribution in [0, 0.1) is 6.92 Å². The van der Waals surface area contributed by atoms with Crippen molar-refractivity contribution in [2.24, 2.45) is 0 Å². The lowest BCUT2D eigenvalue weighted by atomic mass is 10.1. The number of aryl methyl sites for hydroxylation is 1. The van der Waals surface area contributed by atoms with Gasteiger partial charge in [-0.15, -0.1) is 0 Å². The molecule has 1 N–H and O–H groups in total. The molecule has 1 atom stereocenters. The molecule has 1 unspecified atom stereocenters. The molecule has 0 radical (unpaired) electrons. The fourth-order valence-electron chi connectivity index (χ4n) is 3.06. The van der Waals surface area contributed by atoms with Gasteiger partial charge in [0.05, 0.1) is 25.5 Å². The standard InChI is InChI=1S/C15H24N4O3/c1-12-9-14(22-17-12)11-18-4-2-3-13(10-18)16-15(20)19-5-7-21-8-6-19/h9,13H,2-8,10-11H2,1H3,(H,16,20). The van der Waals surface area contributed by atoms with E-state index < -0.39 is 0 Å². The van der Waals surface area contributed by atoms with Crippen LogP contribution in [0.25, 0.3) is 0 Å². The molecule has 0 bridgehead atoms. The van der Waals surface area contributed by atoms with E-state index in [0.717, 1.165) is 43.9 Å². The summed E-state index contributed by atoms with van der Waals surface area (Å²) in [7, 11) is 0. The first-order chi connectivity index (χ1) is 10.7. The Morgan fingerprint density at radius 1 is 1.41 bits per heavy atom. The zero-order valence-corrected chi connectivity index (χ0v) is 13.1. The van der Waals surface area contributed by atoms with E-state index in [2.05, 4.69) is 15.4 Å². The van der Waals surface area contributed by atoms with Crippen molar-refractivity contribution in [3.05, 3.63) is 17.5 Å². The molecule has 22 heavy (non-hydrogen) atoms. The minimum atomic E-state index is 0.0330. The van der Waals surface area contributed by atoms with E-state index in [-0.39, 0.29) is 12.1 Å². The van der Waals surface area contributed by atoms with Crippen LogP contribution in [-0.4, -0.2) is 66.4 Å². The maximum Gasteiger partial charge on any atom is 0.317 e. The number of urea groups is 1. The molecule has 0 saturated carbocycles. The minimum Gasteiger partial charge on any atom is -0.378 e. The Morgan fingerprint density at radius 2 is 2.23 bits per heavy atom. The highest BCUT2D eigenvalue weighted by Crippen LogP contribution is 2.15. The third kappa shape index (κ3) is 3.98. The quantitative estimate of drug-likeness (QED) is 0.901. The Hall–Kier alpha value is -1.60. The Morgan fingerprint density at radius 3 is 2.95 bits per heavy atom. The van der Waals surface area contributed by atoms with E-state index in [1.165, 1.54) is 0 Å². The summed E-state index contributed by atoms with van der Waals surface area (Å²) in [6, 6.07) is 2.20. The number of nitrogens with one attached hydrogen (secondary N) is 1. The van der Waals surface area contributed by atoms with Gasteiger partial charge in [0.25, 0.3) is 0 Å². The number of carbonyl (C=O) groups is 1. The molecule has 0 aliphatic carbocycles. The summed E-state index contributed by atoms with van der Waals surface area (Å²) in [4.78, 5) is 16.4. The van der Waals surface area contributed by atoms with Crippen molar-refractivity contribution in [1.82, 2.24) is 20.3 Å². The molecule has 122 valence electrons. The predicted octanol–water partition coefficient (Wildman–Crippen LogP) is 0.989. The van der Waals surface area contributed by atoms with Gasteiger partial charge in [-0.2, -0.15) is 0 Å². The average molecular weight is 308 g/mol. The Kier molecular flexibility index (Phi) is 4.94. The van der Waals surface area contributed by atoms with Crippen molar-refractivity contribution in [3.8, 4) is 0 Å². The average Bonchev–Trinajstić information content (AvgIpc) is 2.93. The fraction of sp³-hybridized carbons (Fsp3) is 0.733. The number of hydrogen-bond acceptors (Lipinski definition) is 5. The normalized spacial score (nSPS) is 23.5. The van der Waals surface area contributed by atoms with Gasteiger partial charge in [-0.3, -0.25) is 4.90 Å². The molecule has 3 heterocycles. The Bertz CT molecular complexity index is 499. The van der Waals surface area contributed by atoms with Crippen LogP contribution in [0.3, 0.4) is 0 Å². The number of hydrogen-bond donors (Lipinski definition) is 1. The second-order valence-electron chi connectivity index (χ2n) is 6.06. The maximum absolute atomic E-state index is 12.2. The number of morpholine rings is 1. The first-order valence-corrected chi connectivity index (χ1v) is 7.98. The van der Waals surface area contributed by atoms with Gasteiger partial charge in [-0.1, -0.05) is 5.16 Å². The van der Waals surface area contributed by atoms with E-state index in [1.54, 1.807) is 0 Å². The Balaban J connectivity index is 1.48. The largest absolute Gasteiger partial charge is 0.378 e. The molecule has 7 heteroatoms. The van der Waals surface area contributed by atoms with Gasteiger partial charge in [0, 0.05) is 31.7 Å². The lowest BCUT2D eigenvalue weighted by Crippen LogP contribution is -2.53. The third-order valence-electron chi connectivity index (χ3n) is 4.19. The van der Waals surface area contributed by atoms with Crippen LogP contribution in [0.15, 0.2) is 10.6 Å². The number of rotatable bonds is 3. The number of nitrogens with zero attached hydrogens (tertiary/aromatic N) is 3. The molecular weight excluding hydrogens is 284 g/mol. The lowest BCUT2D eigenvalue weighted by molar-refractivity contribution is 0.0512. The summed E-state index contributed by atoms with van der Waals surface area (Å²) in [5.41, 5.74) is 0.907. The van der Waals surface area contributed by atoms with Gasteiger partial charge >= 0.3 is 6.03 Å². The molecular formula is C15H24N4O3. The lowest BCUT2D eigenvalue weighted by Gasteiger charge is -2.34. The highest BCUT2D eigenvalue weighted by Gasteiger charge is 2.25. The van der Waals surface area contributed by atoms with Crippen molar-refractivity contribution < 1.29 is 14.1 Å². The molecule has 0 spiro atoms. The molecule has 1 aromatic heterocycles. The fourth-order valence-corrected chi connectivity index (χ4v) is 3.06.